The maximum absolute atomic E-state index is 13.6. The van der Waals surface area contributed by atoms with E-state index >= 15 is 0 Å². The van der Waals surface area contributed by atoms with Gasteiger partial charge in [-0.25, -0.2) is 4.79 Å². The highest BCUT2D eigenvalue weighted by Gasteiger charge is 2.43. The van der Waals surface area contributed by atoms with E-state index in [0.717, 1.165) is 16.7 Å². The first kappa shape index (κ1) is 25.1. The van der Waals surface area contributed by atoms with Crippen molar-refractivity contribution in [3.05, 3.63) is 89.0 Å². The molecule has 1 fully saturated rings. The Kier molecular flexibility index (Phi) is 7.14. The number of fused-ring (bicyclic) bond motifs is 1. The van der Waals surface area contributed by atoms with Gasteiger partial charge in [-0.1, -0.05) is 36.4 Å². The highest BCUT2D eigenvalue weighted by molar-refractivity contribution is 6.01. The fraction of sp³-hybridized carbons (Fsp3) is 0.250. The van der Waals surface area contributed by atoms with Crippen LogP contribution in [0.25, 0.3) is 0 Å². The van der Waals surface area contributed by atoms with Crippen LogP contribution >= 0.6 is 0 Å². The van der Waals surface area contributed by atoms with Crippen LogP contribution in [0.5, 0.6) is 11.5 Å². The van der Waals surface area contributed by atoms with Crippen LogP contribution in [0.4, 0.5) is 10.5 Å². The Bertz CT molecular complexity index is 1380. The van der Waals surface area contributed by atoms with E-state index in [2.05, 4.69) is 10.6 Å². The van der Waals surface area contributed by atoms with Crippen molar-refractivity contribution in [3.8, 4) is 11.5 Å². The quantitative estimate of drug-likeness (QED) is 0.464. The number of benzene rings is 3. The summed E-state index contributed by atoms with van der Waals surface area (Å²) < 4.78 is 10.8. The first-order valence-electron chi connectivity index (χ1n) is 12.3. The minimum absolute atomic E-state index is 0.0833. The van der Waals surface area contributed by atoms with Gasteiger partial charge in [-0.3, -0.25) is 14.5 Å². The fourth-order valence-electron chi connectivity index (χ4n) is 4.60. The lowest BCUT2D eigenvalue weighted by Crippen LogP contribution is -2.54. The van der Waals surface area contributed by atoms with Crippen LogP contribution in [0.15, 0.2) is 66.7 Å². The summed E-state index contributed by atoms with van der Waals surface area (Å²) in [7, 11) is 0. The van der Waals surface area contributed by atoms with Crippen molar-refractivity contribution >= 4 is 23.5 Å². The number of carbonyl (C=O) groups is 3. The maximum atomic E-state index is 13.6. The standard InChI is InChI=1S/C28H29N5O5/c1-18-4-2-7-22(12-18)31-28(36)33-11-10-32(27(35)21-8-9-23-24(14-21)38-17-37-23)26(33)25(34)30-16-20-6-3-5-19(13-20)15-29/h2-9,12-14,26H,10-11,15-17,29H2,1H3,(H,30,34)(H,31,36). The Morgan fingerprint density at radius 1 is 0.921 bits per heavy atom. The molecule has 4 N–H and O–H groups in total. The third kappa shape index (κ3) is 5.25. The third-order valence-electron chi connectivity index (χ3n) is 6.51. The second-order valence-corrected chi connectivity index (χ2v) is 9.18. The first-order valence-corrected chi connectivity index (χ1v) is 12.3. The molecule has 2 aliphatic heterocycles. The zero-order valence-electron chi connectivity index (χ0n) is 21.0. The molecule has 0 bridgehead atoms. The van der Waals surface area contributed by atoms with E-state index in [1.807, 2.05) is 49.4 Å². The van der Waals surface area contributed by atoms with Crippen molar-refractivity contribution in [2.24, 2.45) is 5.73 Å². The minimum atomic E-state index is -1.14. The van der Waals surface area contributed by atoms with Crippen LogP contribution in [0, 0.1) is 6.92 Å². The number of ether oxygens (including phenoxy) is 2. The smallest absolute Gasteiger partial charge is 0.323 e. The number of urea groups is 1. The molecule has 3 aromatic rings. The Labute approximate surface area is 220 Å². The number of rotatable bonds is 6. The van der Waals surface area contributed by atoms with Gasteiger partial charge in [0.2, 0.25) is 6.79 Å². The molecule has 196 valence electrons. The Morgan fingerprint density at radius 3 is 2.50 bits per heavy atom. The molecule has 2 aliphatic rings. The van der Waals surface area contributed by atoms with E-state index in [-0.39, 0.29) is 32.3 Å². The number of hydrogen-bond donors (Lipinski definition) is 3. The summed E-state index contributed by atoms with van der Waals surface area (Å²) in [6, 6.07) is 19.3. The molecule has 0 radical (unpaired) electrons. The van der Waals surface area contributed by atoms with Crippen LogP contribution in [-0.4, -0.2) is 53.7 Å². The highest BCUT2D eigenvalue weighted by Crippen LogP contribution is 2.33. The summed E-state index contributed by atoms with van der Waals surface area (Å²) in [5.41, 5.74) is 9.47. The summed E-state index contributed by atoms with van der Waals surface area (Å²) in [6.45, 7) is 2.99. The van der Waals surface area contributed by atoms with Gasteiger partial charge in [-0.2, -0.15) is 0 Å². The van der Waals surface area contributed by atoms with E-state index < -0.39 is 18.1 Å². The SMILES string of the molecule is Cc1cccc(NC(=O)N2CCN(C(=O)c3ccc4c(c3)OCO4)C2C(=O)NCc2cccc(CN)c2)c1. The molecule has 4 amide bonds. The van der Waals surface area contributed by atoms with Crippen LogP contribution < -0.4 is 25.8 Å². The van der Waals surface area contributed by atoms with Crippen molar-refractivity contribution in [2.45, 2.75) is 26.2 Å². The predicted molar refractivity (Wildman–Crippen MR) is 140 cm³/mol. The van der Waals surface area contributed by atoms with Gasteiger partial charge in [0.15, 0.2) is 17.7 Å². The largest absolute Gasteiger partial charge is 0.454 e. The molecule has 1 saturated heterocycles. The maximum Gasteiger partial charge on any atom is 0.323 e. The normalized spacial score (nSPS) is 15.9. The van der Waals surface area contributed by atoms with Crippen molar-refractivity contribution in [1.82, 2.24) is 15.1 Å². The summed E-state index contributed by atoms with van der Waals surface area (Å²) in [6.07, 6.45) is -1.14. The minimum Gasteiger partial charge on any atom is -0.454 e. The third-order valence-corrected chi connectivity index (χ3v) is 6.51. The van der Waals surface area contributed by atoms with Crippen LogP contribution in [0.1, 0.15) is 27.0 Å². The zero-order valence-corrected chi connectivity index (χ0v) is 21.0. The number of carbonyl (C=O) groups excluding carboxylic acids is 3. The van der Waals surface area contributed by atoms with Crippen LogP contribution in [0.3, 0.4) is 0 Å². The lowest BCUT2D eigenvalue weighted by atomic mass is 10.1. The average molecular weight is 516 g/mol. The van der Waals surface area contributed by atoms with Crippen molar-refractivity contribution in [2.75, 3.05) is 25.2 Å². The van der Waals surface area contributed by atoms with Crippen LogP contribution in [0.2, 0.25) is 0 Å². The number of anilines is 1. The topological polar surface area (TPSA) is 126 Å². The van der Waals surface area contributed by atoms with Gasteiger partial charge in [0.1, 0.15) is 0 Å². The van der Waals surface area contributed by atoms with Crippen molar-refractivity contribution < 1.29 is 23.9 Å². The number of amides is 4. The Morgan fingerprint density at radius 2 is 1.68 bits per heavy atom. The van der Waals surface area contributed by atoms with Gasteiger partial charge in [0.25, 0.3) is 11.8 Å². The molecule has 0 aromatic heterocycles. The average Bonchev–Trinajstić information content (AvgIpc) is 3.58. The molecule has 10 nitrogen and oxygen atoms in total. The zero-order chi connectivity index (χ0) is 26.6. The molecule has 0 aliphatic carbocycles. The van der Waals surface area contributed by atoms with E-state index in [0.29, 0.717) is 29.3 Å². The molecule has 3 aromatic carbocycles. The monoisotopic (exact) mass is 515 g/mol. The fourth-order valence-corrected chi connectivity index (χ4v) is 4.60. The molecule has 0 spiro atoms. The van der Waals surface area contributed by atoms with Gasteiger partial charge >= 0.3 is 6.03 Å². The van der Waals surface area contributed by atoms with Gasteiger partial charge < -0.3 is 30.7 Å². The van der Waals surface area contributed by atoms with E-state index in [1.165, 1.54) is 9.80 Å². The molecule has 1 atom stereocenters. The van der Waals surface area contributed by atoms with Gasteiger partial charge in [-0.05, 0) is 53.9 Å². The molecule has 1 unspecified atom stereocenters. The number of nitrogens with two attached hydrogens (primary N) is 1. The highest BCUT2D eigenvalue weighted by atomic mass is 16.7. The summed E-state index contributed by atoms with van der Waals surface area (Å²) in [5.74, 6) is 0.162. The molecule has 0 saturated carbocycles. The molecule has 38 heavy (non-hydrogen) atoms. The van der Waals surface area contributed by atoms with Crippen molar-refractivity contribution in [3.63, 3.8) is 0 Å². The predicted octanol–water partition coefficient (Wildman–Crippen LogP) is 2.81. The van der Waals surface area contributed by atoms with E-state index in [1.54, 1.807) is 24.3 Å². The lowest BCUT2D eigenvalue weighted by molar-refractivity contribution is -0.128. The molecular weight excluding hydrogens is 486 g/mol. The molecule has 10 heteroatoms. The van der Waals surface area contributed by atoms with Crippen molar-refractivity contribution in [1.29, 1.82) is 0 Å². The van der Waals surface area contributed by atoms with E-state index in [4.69, 9.17) is 15.2 Å². The summed E-state index contributed by atoms with van der Waals surface area (Å²) in [4.78, 5) is 43.2. The Hall–Kier alpha value is -4.57. The second-order valence-electron chi connectivity index (χ2n) is 9.18. The summed E-state index contributed by atoms with van der Waals surface area (Å²) >= 11 is 0. The van der Waals surface area contributed by atoms with Gasteiger partial charge in [-0.15, -0.1) is 0 Å². The second kappa shape index (κ2) is 10.8. The Balaban J connectivity index is 1.38. The molecule has 2 heterocycles. The number of aryl methyl sites for hydroxylation is 1. The molecular formula is C28H29N5O5. The van der Waals surface area contributed by atoms with Crippen LogP contribution in [-0.2, 0) is 17.9 Å². The van der Waals surface area contributed by atoms with Gasteiger partial charge in [0.05, 0.1) is 0 Å². The number of nitrogens with zero attached hydrogens (tertiary/aromatic N) is 2. The molecule has 5 rings (SSSR count). The summed E-state index contributed by atoms with van der Waals surface area (Å²) in [5, 5.41) is 5.74. The van der Waals surface area contributed by atoms with E-state index in [9.17, 15) is 14.4 Å². The number of nitrogens with one attached hydrogen (secondary N) is 2. The first-order chi connectivity index (χ1) is 18.4. The lowest BCUT2D eigenvalue weighted by Gasteiger charge is -2.29. The van der Waals surface area contributed by atoms with Gasteiger partial charge in [0, 0.05) is 37.4 Å². The number of hydrogen-bond acceptors (Lipinski definition) is 6.